The van der Waals surface area contributed by atoms with Gasteiger partial charge < -0.3 is 10.4 Å². The number of allylic oxidation sites excluding steroid dienone is 1. The first-order valence-corrected chi connectivity index (χ1v) is 6.78. The predicted molar refractivity (Wildman–Crippen MR) is 78.5 cm³/mol. The molecule has 0 aliphatic rings. The molecule has 1 atom stereocenters. The van der Waals surface area contributed by atoms with E-state index in [9.17, 15) is 9.59 Å². The molecule has 20 heavy (non-hydrogen) atoms. The Bertz CT molecular complexity index is 494. The van der Waals surface area contributed by atoms with Gasteiger partial charge in [-0.2, -0.15) is 0 Å². The van der Waals surface area contributed by atoms with E-state index in [1.807, 2.05) is 38.1 Å². The van der Waals surface area contributed by atoms with Crippen molar-refractivity contribution < 1.29 is 14.7 Å². The van der Waals surface area contributed by atoms with Crippen molar-refractivity contribution in [1.29, 1.82) is 0 Å². The van der Waals surface area contributed by atoms with Gasteiger partial charge in [-0.3, -0.25) is 4.79 Å². The van der Waals surface area contributed by atoms with E-state index in [1.165, 1.54) is 0 Å². The lowest BCUT2D eigenvalue weighted by Crippen LogP contribution is -2.41. The summed E-state index contributed by atoms with van der Waals surface area (Å²) in [6, 6.07) is 6.84. The van der Waals surface area contributed by atoms with E-state index in [0.717, 1.165) is 17.5 Å². The molecule has 0 saturated heterocycles. The largest absolute Gasteiger partial charge is 0.480 e. The second kappa shape index (κ2) is 8.15. The van der Waals surface area contributed by atoms with Crippen LogP contribution in [0.3, 0.4) is 0 Å². The third kappa shape index (κ3) is 4.88. The molecule has 0 saturated carbocycles. The lowest BCUT2D eigenvalue weighted by Gasteiger charge is -2.13. The van der Waals surface area contributed by atoms with Gasteiger partial charge in [0, 0.05) is 0 Å². The summed E-state index contributed by atoms with van der Waals surface area (Å²) in [6.45, 7) is 3.85. The second-order valence-corrected chi connectivity index (χ2v) is 4.56. The molecule has 0 aliphatic carbocycles. The molecule has 1 unspecified atom stereocenters. The number of nitrogens with one attached hydrogen (secondary N) is 1. The second-order valence-electron chi connectivity index (χ2n) is 4.56. The van der Waals surface area contributed by atoms with E-state index in [-0.39, 0.29) is 12.3 Å². The summed E-state index contributed by atoms with van der Waals surface area (Å²) in [6.07, 6.45) is 4.87. The Balaban J connectivity index is 2.68. The molecule has 0 radical (unpaired) electrons. The van der Waals surface area contributed by atoms with Crippen LogP contribution in [0.15, 0.2) is 36.4 Å². The topological polar surface area (TPSA) is 66.4 Å². The van der Waals surface area contributed by atoms with Crippen LogP contribution in [0.1, 0.15) is 31.4 Å². The zero-order valence-electron chi connectivity index (χ0n) is 11.9. The smallest absolute Gasteiger partial charge is 0.326 e. The molecule has 108 valence electrons. The molecule has 0 fully saturated rings. The summed E-state index contributed by atoms with van der Waals surface area (Å²) >= 11 is 0. The highest BCUT2D eigenvalue weighted by Crippen LogP contribution is 2.10. The van der Waals surface area contributed by atoms with Crippen LogP contribution in [0.5, 0.6) is 0 Å². The van der Waals surface area contributed by atoms with Gasteiger partial charge >= 0.3 is 5.97 Å². The summed E-state index contributed by atoms with van der Waals surface area (Å²) in [4.78, 5) is 23.0. The maximum absolute atomic E-state index is 12.0. The summed E-state index contributed by atoms with van der Waals surface area (Å²) in [7, 11) is 0. The molecular weight excluding hydrogens is 254 g/mol. The normalized spacial score (nSPS) is 12.3. The van der Waals surface area contributed by atoms with Crippen molar-refractivity contribution in [2.45, 2.75) is 39.2 Å². The van der Waals surface area contributed by atoms with Gasteiger partial charge in [0.05, 0.1) is 6.42 Å². The van der Waals surface area contributed by atoms with Crippen molar-refractivity contribution in [1.82, 2.24) is 5.32 Å². The van der Waals surface area contributed by atoms with Crippen LogP contribution in [0, 0.1) is 0 Å². The van der Waals surface area contributed by atoms with E-state index in [4.69, 9.17) is 5.11 Å². The van der Waals surface area contributed by atoms with Crippen molar-refractivity contribution >= 4 is 11.9 Å². The fourth-order valence-electron chi connectivity index (χ4n) is 1.99. The van der Waals surface area contributed by atoms with Gasteiger partial charge in [-0.1, -0.05) is 43.3 Å². The number of carbonyl (C=O) groups is 2. The van der Waals surface area contributed by atoms with Gasteiger partial charge in [0.15, 0.2) is 0 Å². The number of amides is 1. The Labute approximate surface area is 119 Å². The molecule has 4 nitrogen and oxygen atoms in total. The molecule has 1 amide bonds. The predicted octanol–water partition coefficient (Wildman–Crippen LogP) is 2.33. The first kappa shape index (κ1) is 16.0. The van der Waals surface area contributed by atoms with Crippen LogP contribution in [0.4, 0.5) is 0 Å². The van der Waals surface area contributed by atoms with Crippen molar-refractivity contribution in [3.8, 4) is 0 Å². The number of carbonyl (C=O) groups excluding carboxylic acids is 1. The minimum atomic E-state index is -1.01. The summed E-state index contributed by atoms with van der Waals surface area (Å²) in [5.74, 6) is -1.27. The van der Waals surface area contributed by atoms with Gasteiger partial charge in [0.1, 0.15) is 6.04 Å². The number of benzene rings is 1. The number of aliphatic carboxylic acids is 1. The summed E-state index contributed by atoms with van der Waals surface area (Å²) in [5, 5.41) is 11.6. The van der Waals surface area contributed by atoms with E-state index in [1.54, 1.807) is 12.2 Å². The number of carboxylic acid groups (broad SMARTS) is 1. The molecule has 0 bridgehead atoms. The molecule has 1 aromatic rings. The Kier molecular flexibility index (Phi) is 6.50. The van der Waals surface area contributed by atoms with Crippen LogP contribution in [-0.2, 0) is 22.4 Å². The van der Waals surface area contributed by atoms with Crippen LogP contribution in [-0.4, -0.2) is 23.0 Å². The molecule has 1 rings (SSSR count). The van der Waals surface area contributed by atoms with Crippen LogP contribution in [0.25, 0.3) is 0 Å². The van der Waals surface area contributed by atoms with Crippen molar-refractivity contribution in [2.24, 2.45) is 0 Å². The zero-order chi connectivity index (χ0) is 15.0. The highest BCUT2D eigenvalue weighted by molar-refractivity contribution is 5.85. The fourth-order valence-corrected chi connectivity index (χ4v) is 1.99. The quantitative estimate of drug-likeness (QED) is 0.750. The van der Waals surface area contributed by atoms with Gasteiger partial charge in [-0.15, -0.1) is 0 Å². The summed E-state index contributed by atoms with van der Waals surface area (Å²) in [5.41, 5.74) is 2.06. The Morgan fingerprint density at radius 1 is 1.30 bits per heavy atom. The minimum absolute atomic E-state index is 0.212. The minimum Gasteiger partial charge on any atom is -0.480 e. The molecule has 0 aliphatic heterocycles. The molecule has 2 N–H and O–H groups in total. The maximum Gasteiger partial charge on any atom is 0.326 e. The number of rotatable bonds is 7. The van der Waals surface area contributed by atoms with Crippen molar-refractivity contribution in [3.63, 3.8) is 0 Å². The van der Waals surface area contributed by atoms with E-state index < -0.39 is 12.0 Å². The molecule has 4 heteroatoms. The molecule has 0 spiro atoms. The highest BCUT2D eigenvalue weighted by Gasteiger charge is 2.18. The molecule has 0 heterocycles. The maximum atomic E-state index is 12.0. The van der Waals surface area contributed by atoms with Crippen molar-refractivity contribution in [2.75, 3.05) is 0 Å². The average molecular weight is 275 g/mol. The highest BCUT2D eigenvalue weighted by atomic mass is 16.4. The van der Waals surface area contributed by atoms with Gasteiger partial charge in [0.2, 0.25) is 5.91 Å². The van der Waals surface area contributed by atoms with Crippen LogP contribution >= 0.6 is 0 Å². The Morgan fingerprint density at radius 3 is 2.50 bits per heavy atom. The number of aryl methyl sites for hydroxylation is 1. The van der Waals surface area contributed by atoms with E-state index in [0.29, 0.717) is 6.42 Å². The van der Waals surface area contributed by atoms with Crippen molar-refractivity contribution in [3.05, 3.63) is 47.5 Å². The fraction of sp³-hybridized carbons (Fsp3) is 0.375. The lowest BCUT2D eigenvalue weighted by molar-refractivity contribution is -0.141. The number of hydrogen-bond donors (Lipinski definition) is 2. The van der Waals surface area contributed by atoms with E-state index >= 15 is 0 Å². The first-order chi connectivity index (χ1) is 9.58. The molecular formula is C16H21NO3. The third-order valence-corrected chi connectivity index (χ3v) is 3.09. The van der Waals surface area contributed by atoms with Crippen LogP contribution < -0.4 is 5.32 Å². The SMILES string of the molecule is C/C=C/CC(NC(=O)Cc1ccccc1CC)C(=O)O. The van der Waals surface area contributed by atoms with Gasteiger partial charge in [-0.25, -0.2) is 4.79 Å². The average Bonchev–Trinajstić information content (AvgIpc) is 2.43. The first-order valence-electron chi connectivity index (χ1n) is 6.78. The standard InChI is InChI=1S/C16H21NO3/c1-3-5-10-14(16(19)20)17-15(18)11-13-9-7-6-8-12(13)4-2/h3,5-9,14H,4,10-11H2,1-2H3,(H,17,18)(H,19,20)/b5-3+. The monoisotopic (exact) mass is 275 g/mol. The van der Waals surface area contributed by atoms with Gasteiger partial charge in [0.25, 0.3) is 0 Å². The number of carboxylic acids is 1. The third-order valence-electron chi connectivity index (χ3n) is 3.09. The molecule has 0 aromatic heterocycles. The summed E-state index contributed by atoms with van der Waals surface area (Å²) < 4.78 is 0. The zero-order valence-corrected chi connectivity index (χ0v) is 11.9. The van der Waals surface area contributed by atoms with E-state index in [2.05, 4.69) is 5.32 Å². The van der Waals surface area contributed by atoms with Gasteiger partial charge in [-0.05, 0) is 30.9 Å². The lowest BCUT2D eigenvalue weighted by atomic mass is 10.0. The Hall–Kier alpha value is -2.10. The van der Waals surface area contributed by atoms with Crippen LogP contribution in [0.2, 0.25) is 0 Å². The Morgan fingerprint density at radius 2 is 1.95 bits per heavy atom. The molecule has 1 aromatic carbocycles. The number of hydrogen-bond acceptors (Lipinski definition) is 2.